The Morgan fingerprint density at radius 1 is 1.71 bits per heavy atom. The standard InChI is InChI=1S/C13H19N3O/c1-3-11(2)16-6-4-12(15-16)8-13(9-14)5-7-17-10-13/h4,6,11H,3,5,7-8,10H2,1-2H3. The van der Waals surface area contributed by atoms with Crippen LogP contribution in [0.2, 0.25) is 0 Å². The number of hydrogen-bond donors (Lipinski definition) is 0. The van der Waals surface area contributed by atoms with Crippen molar-refractivity contribution < 1.29 is 4.74 Å². The molecular formula is C13H19N3O. The fourth-order valence-corrected chi connectivity index (χ4v) is 2.13. The summed E-state index contributed by atoms with van der Waals surface area (Å²) >= 11 is 0. The maximum atomic E-state index is 9.28. The molecule has 1 aromatic heterocycles. The second-order valence-electron chi connectivity index (χ2n) is 4.92. The molecule has 2 rings (SSSR count). The predicted molar refractivity (Wildman–Crippen MR) is 64.4 cm³/mol. The summed E-state index contributed by atoms with van der Waals surface area (Å²) in [4.78, 5) is 0. The zero-order valence-corrected chi connectivity index (χ0v) is 10.5. The number of aromatic nitrogens is 2. The monoisotopic (exact) mass is 233 g/mol. The minimum Gasteiger partial charge on any atom is -0.380 e. The molecule has 92 valence electrons. The number of ether oxygens (including phenoxy) is 1. The molecule has 0 amide bonds. The number of nitriles is 1. The van der Waals surface area contributed by atoms with Crippen LogP contribution < -0.4 is 0 Å². The van der Waals surface area contributed by atoms with Gasteiger partial charge < -0.3 is 4.74 Å². The molecule has 0 N–H and O–H groups in total. The Bertz CT molecular complexity index is 413. The SMILES string of the molecule is CCC(C)n1ccc(CC2(C#N)CCOC2)n1. The van der Waals surface area contributed by atoms with Crippen molar-refractivity contribution in [2.75, 3.05) is 13.2 Å². The van der Waals surface area contributed by atoms with Gasteiger partial charge in [0.05, 0.1) is 23.8 Å². The number of rotatable bonds is 4. The lowest BCUT2D eigenvalue weighted by atomic mass is 9.84. The summed E-state index contributed by atoms with van der Waals surface area (Å²) < 4.78 is 7.32. The topological polar surface area (TPSA) is 50.8 Å². The van der Waals surface area contributed by atoms with Gasteiger partial charge in [0, 0.05) is 25.3 Å². The molecule has 0 radical (unpaired) electrons. The maximum Gasteiger partial charge on any atom is 0.0884 e. The molecule has 0 saturated carbocycles. The lowest BCUT2D eigenvalue weighted by Gasteiger charge is -2.16. The van der Waals surface area contributed by atoms with Gasteiger partial charge in [-0.05, 0) is 25.8 Å². The van der Waals surface area contributed by atoms with Gasteiger partial charge in [-0.1, -0.05) is 6.92 Å². The molecule has 0 aliphatic carbocycles. The highest BCUT2D eigenvalue weighted by molar-refractivity contribution is 5.11. The van der Waals surface area contributed by atoms with Gasteiger partial charge in [-0.25, -0.2) is 0 Å². The van der Waals surface area contributed by atoms with E-state index in [0.717, 1.165) is 18.5 Å². The van der Waals surface area contributed by atoms with Crippen molar-refractivity contribution in [2.24, 2.45) is 5.41 Å². The van der Waals surface area contributed by atoms with Crippen molar-refractivity contribution >= 4 is 0 Å². The maximum absolute atomic E-state index is 9.28. The zero-order chi connectivity index (χ0) is 12.3. The van der Waals surface area contributed by atoms with E-state index < -0.39 is 0 Å². The fraction of sp³-hybridized carbons (Fsp3) is 0.692. The molecule has 1 aromatic rings. The summed E-state index contributed by atoms with van der Waals surface area (Å²) in [6, 6.07) is 4.84. The van der Waals surface area contributed by atoms with Gasteiger partial charge >= 0.3 is 0 Å². The molecule has 1 fully saturated rings. The first-order chi connectivity index (χ1) is 8.19. The van der Waals surface area contributed by atoms with Gasteiger partial charge in [-0.3, -0.25) is 4.68 Å². The normalized spacial score (nSPS) is 25.7. The van der Waals surface area contributed by atoms with Gasteiger partial charge in [-0.2, -0.15) is 10.4 Å². The molecule has 2 atom stereocenters. The third-order valence-corrected chi connectivity index (χ3v) is 3.57. The van der Waals surface area contributed by atoms with E-state index in [0.29, 0.717) is 25.7 Å². The molecule has 2 unspecified atom stereocenters. The van der Waals surface area contributed by atoms with Crippen LogP contribution in [0.4, 0.5) is 0 Å². The second-order valence-corrected chi connectivity index (χ2v) is 4.92. The molecule has 4 heteroatoms. The van der Waals surface area contributed by atoms with Crippen LogP contribution in [0.5, 0.6) is 0 Å². The molecule has 17 heavy (non-hydrogen) atoms. The van der Waals surface area contributed by atoms with Crippen LogP contribution in [0.25, 0.3) is 0 Å². The summed E-state index contributed by atoms with van der Waals surface area (Å²) in [7, 11) is 0. The van der Waals surface area contributed by atoms with E-state index in [1.165, 1.54) is 0 Å². The third-order valence-electron chi connectivity index (χ3n) is 3.57. The van der Waals surface area contributed by atoms with E-state index in [4.69, 9.17) is 4.74 Å². The van der Waals surface area contributed by atoms with Crippen molar-refractivity contribution in [2.45, 2.75) is 39.2 Å². The van der Waals surface area contributed by atoms with Crippen molar-refractivity contribution in [3.05, 3.63) is 18.0 Å². The highest BCUT2D eigenvalue weighted by Gasteiger charge is 2.36. The van der Waals surface area contributed by atoms with Crippen molar-refractivity contribution in [1.29, 1.82) is 5.26 Å². The Balaban J connectivity index is 2.08. The molecular weight excluding hydrogens is 214 g/mol. The van der Waals surface area contributed by atoms with Crippen LogP contribution in [0.1, 0.15) is 38.4 Å². The molecule has 1 aliphatic rings. The van der Waals surface area contributed by atoms with Crippen molar-refractivity contribution in [1.82, 2.24) is 9.78 Å². The Morgan fingerprint density at radius 2 is 2.53 bits per heavy atom. The van der Waals surface area contributed by atoms with E-state index in [2.05, 4.69) is 25.0 Å². The van der Waals surface area contributed by atoms with E-state index >= 15 is 0 Å². The molecule has 1 saturated heterocycles. The van der Waals surface area contributed by atoms with Crippen LogP contribution in [-0.2, 0) is 11.2 Å². The first-order valence-electron chi connectivity index (χ1n) is 6.22. The Hall–Kier alpha value is -1.34. The van der Waals surface area contributed by atoms with Crippen LogP contribution in [0.15, 0.2) is 12.3 Å². The molecule has 0 aromatic carbocycles. The quantitative estimate of drug-likeness (QED) is 0.802. The highest BCUT2D eigenvalue weighted by Crippen LogP contribution is 2.31. The summed E-state index contributed by atoms with van der Waals surface area (Å²) in [5, 5.41) is 13.8. The fourth-order valence-electron chi connectivity index (χ4n) is 2.13. The van der Waals surface area contributed by atoms with Crippen molar-refractivity contribution in [3.8, 4) is 6.07 Å². The smallest absolute Gasteiger partial charge is 0.0884 e. The average molecular weight is 233 g/mol. The average Bonchev–Trinajstić information content (AvgIpc) is 2.98. The van der Waals surface area contributed by atoms with Crippen LogP contribution in [0, 0.1) is 16.7 Å². The van der Waals surface area contributed by atoms with Crippen LogP contribution >= 0.6 is 0 Å². The molecule has 4 nitrogen and oxygen atoms in total. The second kappa shape index (κ2) is 4.89. The highest BCUT2D eigenvalue weighted by atomic mass is 16.5. The lowest BCUT2D eigenvalue weighted by Crippen LogP contribution is -2.22. The van der Waals surface area contributed by atoms with E-state index in [9.17, 15) is 5.26 Å². The first-order valence-corrected chi connectivity index (χ1v) is 6.22. The summed E-state index contributed by atoms with van der Waals surface area (Å²) in [6.45, 7) is 5.53. The lowest BCUT2D eigenvalue weighted by molar-refractivity contribution is 0.171. The van der Waals surface area contributed by atoms with E-state index in [1.807, 2.05) is 16.9 Å². The first kappa shape index (κ1) is 12.1. The Kier molecular flexibility index (Phi) is 3.49. The summed E-state index contributed by atoms with van der Waals surface area (Å²) in [5.41, 5.74) is 0.645. The van der Waals surface area contributed by atoms with Gasteiger partial charge in [-0.15, -0.1) is 0 Å². The molecule has 0 bridgehead atoms. The number of hydrogen-bond acceptors (Lipinski definition) is 3. The minimum absolute atomic E-state index is 0.353. The third kappa shape index (κ3) is 2.50. The Labute approximate surface area is 102 Å². The summed E-state index contributed by atoms with van der Waals surface area (Å²) in [5.74, 6) is 0. The van der Waals surface area contributed by atoms with Gasteiger partial charge in [0.25, 0.3) is 0 Å². The molecule has 1 aliphatic heterocycles. The van der Waals surface area contributed by atoms with Crippen molar-refractivity contribution in [3.63, 3.8) is 0 Å². The van der Waals surface area contributed by atoms with E-state index in [1.54, 1.807) is 0 Å². The Morgan fingerprint density at radius 3 is 3.12 bits per heavy atom. The molecule has 0 spiro atoms. The van der Waals surface area contributed by atoms with Gasteiger partial charge in [0.2, 0.25) is 0 Å². The minimum atomic E-state index is -0.353. The van der Waals surface area contributed by atoms with Crippen LogP contribution in [0.3, 0.4) is 0 Å². The number of nitrogens with zero attached hydrogens (tertiary/aromatic N) is 3. The predicted octanol–water partition coefficient (Wildman–Crippen LogP) is 2.33. The summed E-state index contributed by atoms with van der Waals surface area (Å²) in [6.07, 6.45) is 4.59. The largest absolute Gasteiger partial charge is 0.380 e. The van der Waals surface area contributed by atoms with E-state index in [-0.39, 0.29) is 5.41 Å². The van der Waals surface area contributed by atoms with Crippen LogP contribution in [-0.4, -0.2) is 23.0 Å². The zero-order valence-electron chi connectivity index (χ0n) is 10.5. The van der Waals surface area contributed by atoms with Gasteiger partial charge in [0.15, 0.2) is 0 Å². The molecule has 2 heterocycles. The van der Waals surface area contributed by atoms with Gasteiger partial charge in [0.1, 0.15) is 0 Å².